The molecule has 1 aliphatic heterocycles. The van der Waals surface area contributed by atoms with Gasteiger partial charge < -0.3 is 48.6 Å². The average Bonchev–Trinajstić information content (AvgIpc) is 3.38. The van der Waals surface area contributed by atoms with Gasteiger partial charge in [-0.15, -0.1) is 0 Å². The molecular weight excluding hydrogens is 558 g/mol. The molecule has 8 unspecified atom stereocenters. The number of carbonyl (C=O) groups excluding carboxylic acids is 1. The second kappa shape index (κ2) is 9.91. The number of aliphatic hydroxyl groups is 3. The summed E-state index contributed by atoms with van der Waals surface area (Å²) in [5.74, 6) is -2.21. The van der Waals surface area contributed by atoms with Crippen molar-refractivity contribution in [2.75, 3.05) is 55.7 Å². The summed E-state index contributed by atoms with van der Waals surface area (Å²) in [6.45, 7) is 0.863. The van der Waals surface area contributed by atoms with Crippen LogP contribution in [0.3, 0.4) is 0 Å². The summed E-state index contributed by atoms with van der Waals surface area (Å²) < 4.78 is 37.4. The van der Waals surface area contributed by atoms with Gasteiger partial charge in [0.05, 0.1) is 30.5 Å². The van der Waals surface area contributed by atoms with E-state index in [-0.39, 0.29) is 24.3 Å². The number of likely N-dealkylation sites (tertiary alicyclic amines) is 1. The van der Waals surface area contributed by atoms with Crippen molar-refractivity contribution in [2.24, 2.45) is 34.5 Å². The number of carbonyl (C=O) groups is 1. The van der Waals surface area contributed by atoms with Gasteiger partial charge in [-0.05, 0) is 31.5 Å². The van der Waals surface area contributed by atoms with E-state index in [2.05, 4.69) is 4.90 Å². The molecule has 5 aliphatic carbocycles. The molecule has 6 fully saturated rings. The van der Waals surface area contributed by atoms with Gasteiger partial charge in [-0.25, -0.2) is 4.79 Å². The summed E-state index contributed by atoms with van der Waals surface area (Å²) in [5.41, 5.74) is -4.01. The Morgan fingerprint density at radius 1 is 1.00 bits per heavy atom. The maximum absolute atomic E-state index is 13.6. The van der Waals surface area contributed by atoms with E-state index in [1.54, 1.807) is 52.7 Å². The molecule has 6 aliphatic rings. The number of piperidine rings is 1. The van der Waals surface area contributed by atoms with Crippen LogP contribution in [0.5, 0.6) is 0 Å². The summed E-state index contributed by atoms with van der Waals surface area (Å²) in [7, 11) is 10.1. The van der Waals surface area contributed by atoms with Crippen molar-refractivity contribution in [2.45, 2.75) is 66.7 Å². The summed E-state index contributed by atoms with van der Waals surface area (Å²) in [6.07, 6.45) is -4.43. The predicted molar refractivity (Wildman–Crippen MR) is 151 cm³/mol. The van der Waals surface area contributed by atoms with Gasteiger partial charge in [0.25, 0.3) is 0 Å². The molecule has 0 aromatic heterocycles. The standard InChI is InChI=1S/C32H45NO10/c1-33-14-29(15-38-2)18(34)12-19(39-3)31-17-13-30(37)26(43-28(36)16-10-8-7-9-11-16)20(17)32(42-6,25(35)27(30)41-5)21(24(31)33)22(40-4)23(29)31/h7-11,17-27,34-35,37H,12-15H2,1-6H3/t17?,18?,19?,20-,21?,22?,23-,24?,25+,26?,27+,29+,30-,31?,32-/m1/s1. The maximum Gasteiger partial charge on any atom is 0.338 e. The highest BCUT2D eigenvalue weighted by Gasteiger charge is 2.91. The topological polar surface area (TPSA) is 136 Å². The van der Waals surface area contributed by atoms with E-state index >= 15 is 0 Å². The SMILES string of the molecule is COC[C@]12CN(C)C3C4C(OC)[C@H]1C3(C(OC)CC2O)C1C[C@@]2(O)C(OC(=O)c3ccccc3)[C@@H]1[C@]4(OC)[C@@H](O)[C@@H]2OC. The molecule has 238 valence electrons. The van der Waals surface area contributed by atoms with Crippen molar-refractivity contribution in [3.8, 4) is 0 Å². The number of hydrogen-bond donors (Lipinski definition) is 3. The fourth-order valence-electron chi connectivity index (χ4n) is 12.1. The van der Waals surface area contributed by atoms with Crippen LogP contribution in [0, 0.1) is 34.5 Å². The quantitative estimate of drug-likeness (QED) is 0.355. The maximum atomic E-state index is 13.6. The van der Waals surface area contributed by atoms with Gasteiger partial charge in [0.1, 0.15) is 29.5 Å². The summed E-state index contributed by atoms with van der Waals surface area (Å²) in [5, 5.41) is 36.9. The molecule has 5 saturated carbocycles. The summed E-state index contributed by atoms with van der Waals surface area (Å²) in [4.78, 5) is 15.9. The molecular formula is C32H45NO10. The Morgan fingerprint density at radius 3 is 2.33 bits per heavy atom. The van der Waals surface area contributed by atoms with Gasteiger partial charge in [0.2, 0.25) is 0 Å². The highest BCUT2D eigenvalue weighted by Crippen LogP contribution is 2.80. The Kier molecular flexibility index (Phi) is 6.92. The van der Waals surface area contributed by atoms with E-state index < -0.39 is 76.5 Å². The van der Waals surface area contributed by atoms with Crippen LogP contribution in [-0.4, -0.2) is 136 Å². The number of hydrogen-bond acceptors (Lipinski definition) is 11. The van der Waals surface area contributed by atoms with Crippen LogP contribution >= 0.6 is 0 Å². The second-order valence-electron chi connectivity index (χ2n) is 13.9. The van der Waals surface area contributed by atoms with Crippen LogP contribution in [0.15, 0.2) is 30.3 Å². The van der Waals surface area contributed by atoms with Crippen LogP contribution in [0.2, 0.25) is 0 Å². The number of esters is 1. The minimum Gasteiger partial charge on any atom is -0.455 e. The first-order valence-electron chi connectivity index (χ1n) is 15.3. The Morgan fingerprint density at radius 2 is 1.72 bits per heavy atom. The molecule has 1 aromatic carbocycles. The van der Waals surface area contributed by atoms with Gasteiger partial charge >= 0.3 is 5.97 Å². The second-order valence-corrected chi connectivity index (χ2v) is 13.9. The molecule has 1 saturated heterocycles. The van der Waals surface area contributed by atoms with Gasteiger partial charge in [-0.2, -0.15) is 0 Å². The number of rotatable bonds is 8. The average molecular weight is 604 g/mol. The van der Waals surface area contributed by atoms with E-state index in [9.17, 15) is 20.1 Å². The first-order valence-corrected chi connectivity index (χ1v) is 15.3. The Bertz CT molecular complexity index is 1250. The van der Waals surface area contributed by atoms with Gasteiger partial charge in [-0.3, -0.25) is 0 Å². The van der Waals surface area contributed by atoms with E-state index in [0.29, 0.717) is 25.1 Å². The number of aliphatic hydroxyl groups excluding tert-OH is 2. The van der Waals surface area contributed by atoms with E-state index in [1.807, 2.05) is 13.1 Å². The van der Waals surface area contributed by atoms with Gasteiger partial charge in [0, 0.05) is 83.1 Å². The third kappa shape index (κ3) is 3.24. The zero-order valence-corrected chi connectivity index (χ0v) is 25.7. The van der Waals surface area contributed by atoms with Crippen LogP contribution in [0.4, 0.5) is 0 Å². The van der Waals surface area contributed by atoms with Crippen molar-refractivity contribution in [1.82, 2.24) is 4.90 Å². The smallest absolute Gasteiger partial charge is 0.338 e. The Balaban J connectivity index is 1.49. The van der Waals surface area contributed by atoms with Crippen LogP contribution in [-0.2, 0) is 28.4 Å². The molecule has 11 nitrogen and oxygen atoms in total. The zero-order valence-electron chi connectivity index (χ0n) is 25.7. The van der Waals surface area contributed by atoms with Crippen LogP contribution in [0.1, 0.15) is 23.2 Å². The van der Waals surface area contributed by atoms with E-state index in [4.69, 9.17) is 28.4 Å². The highest BCUT2D eigenvalue weighted by atomic mass is 16.6. The third-order valence-corrected chi connectivity index (χ3v) is 12.9. The number of fused-ring (bicyclic) bond motifs is 2. The molecule has 43 heavy (non-hydrogen) atoms. The first-order chi connectivity index (χ1) is 20.6. The van der Waals surface area contributed by atoms with E-state index in [0.717, 1.165) is 0 Å². The van der Waals surface area contributed by atoms with E-state index in [1.165, 1.54) is 7.11 Å². The lowest BCUT2D eigenvalue weighted by atomic mass is 9.42. The lowest BCUT2D eigenvalue weighted by molar-refractivity contribution is -0.324. The fourth-order valence-corrected chi connectivity index (χ4v) is 12.1. The van der Waals surface area contributed by atoms with Crippen LogP contribution in [0.25, 0.3) is 0 Å². The lowest BCUT2D eigenvalue weighted by Gasteiger charge is -2.70. The molecule has 3 N–H and O–H groups in total. The van der Waals surface area contributed by atoms with Gasteiger partial charge in [-0.1, -0.05) is 18.2 Å². The number of benzene rings is 1. The molecule has 7 rings (SSSR count). The zero-order chi connectivity index (χ0) is 30.7. The first kappa shape index (κ1) is 30.0. The van der Waals surface area contributed by atoms with Crippen molar-refractivity contribution >= 4 is 5.97 Å². The summed E-state index contributed by atoms with van der Waals surface area (Å²) >= 11 is 0. The predicted octanol–water partition coefficient (Wildman–Crippen LogP) is 0.341. The molecule has 11 heteroatoms. The Labute approximate surface area is 252 Å². The van der Waals surface area contributed by atoms with Crippen molar-refractivity contribution in [3.05, 3.63) is 35.9 Å². The molecule has 1 aromatic rings. The normalized spacial score (nSPS) is 52.7. The molecule has 15 atom stereocenters. The highest BCUT2D eigenvalue weighted by molar-refractivity contribution is 5.89. The molecule has 0 amide bonds. The van der Waals surface area contributed by atoms with Crippen LogP contribution < -0.4 is 0 Å². The minimum absolute atomic E-state index is 0.189. The monoisotopic (exact) mass is 603 g/mol. The number of nitrogens with zero attached hydrogens (tertiary/aromatic N) is 1. The number of ether oxygens (including phenoxy) is 6. The molecule has 0 radical (unpaired) electrons. The molecule has 7 bridgehead atoms. The van der Waals surface area contributed by atoms with Crippen molar-refractivity contribution < 1.29 is 48.5 Å². The number of methoxy groups -OCH3 is 5. The van der Waals surface area contributed by atoms with Crippen molar-refractivity contribution in [1.29, 1.82) is 0 Å². The minimum atomic E-state index is -1.71. The third-order valence-electron chi connectivity index (χ3n) is 12.9. The van der Waals surface area contributed by atoms with Crippen molar-refractivity contribution in [3.63, 3.8) is 0 Å². The molecule has 1 heterocycles. The lowest BCUT2D eigenvalue weighted by Crippen LogP contribution is -2.81. The van der Waals surface area contributed by atoms with Gasteiger partial charge in [0.15, 0.2) is 0 Å². The Hall–Kier alpha value is -1.67. The largest absolute Gasteiger partial charge is 0.455 e. The molecule has 1 spiro atoms. The summed E-state index contributed by atoms with van der Waals surface area (Å²) in [6, 6.07) is 8.51. The fraction of sp³-hybridized carbons (Fsp3) is 0.781.